The lowest BCUT2D eigenvalue weighted by molar-refractivity contribution is 0.0949. The maximum absolute atomic E-state index is 12.3. The lowest BCUT2D eigenvalue weighted by Crippen LogP contribution is -2.34. The van der Waals surface area contributed by atoms with E-state index >= 15 is 0 Å². The van der Waals surface area contributed by atoms with Crippen molar-refractivity contribution in [3.63, 3.8) is 0 Å². The summed E-state index contributed by atoms with van der Waals surface area (Å²) in [5.41, 5.74) is 1.95. The van der Waals surface area contributed by atoms with Gasteiger partial charge in [-0.3, -0.25) is 9.59 Å². The Morgan fingerprint density at radius 1 is 1.26 bits per heavy atom. The molecule has 1 saturated heterocycles. The molecule has 1 unspecified atom stereocenters. The van der Waals surface area contributed by atoms with E-state index in [0.717, 1.165) is 37.4 Å². The molecule has 2 fully saturated rings. The summed E-state index contributed by atoms with van der Waals surface area (Å²) in [6, 6.07) is 8.29. The van der Waals surface area contributed by atoms with Gasteiger partial charge in [-0.1, -0.05) is 19.1 Å². The zero-order chi connectivity index (χ0) is 18.8. The van der Waals surface area contributed by atoms with Gasteiger partial charge in [-0.25, -0.2) is 4.98 Å². The Morgan fingerprint density at radius 3 is 2.70 bits per heavy atom. The number of benzene rings is 1. The highest BCUT2D eigenvalue weighted by Gasteiger charge is 2.26. The molecule has 1 aromatic carbocycles. The molecule has 6 nitrogen and oxygen atoms in total. The zero-order valence-electron chi connectivity index (χ0n) is 15.7. The van der Waals surface area contributed by atoms with E-state index in [9.17, 15) is 9.59 Å². The molecule has 27 heavy (non-hydrogen) atoms. The molecule has 2 aromatic rings. The number of anilines is 1. The number of piperidine rings is 1. The first-order valence-corrected chi connectivity index (χ1v) is 9.81. The van der Waals surface area contributed by atoms with Crippen LogP contribution in [0, 0.1) is 5.92 Å². The van der Waals surface area contributed by atoms with Gasteiger partial charge in [-0.2, -0.15) is 0 Å². The predicted molar refractivity (Wildman–Crippen MR) is 105 cm³/mol. The van der Waals surface area contributed by atoms with Crippen molar-refractivity contribution in [1.82, 2.24) is 15.3 Å². The number of H-pyrrole nitrogens is 1. The fourth-order valence-electron chi connectivity index (χ4n) is 3.66. The molecule has 4 rings (SSSR count). The van der Waals surface area contributed by atoms with Crippen molar-refractivity contribution in [1.29, 1.82) is 0 Å². The van der Waals surface area contributed by atoms with Gasteiger partial charge in [0.15, 0.2) is 0 Å². The molecular weight excluding hydrogens is 340 g/mol. The average molecular weight is 366 g/mol. The molecule has 6 heteroatoms. The molecule has 0 spiro atoms. The Balaban J connectivity index is 1.35. The van der Waals surface area contributed by atoms with Crippen LogP contribution in [0.15, 0.2) is 35.3 Å². The number of hydrogen-bond acceptors (Lipinski definition) is 4. The number of nitrogens with zero attached hydrogens (tertiary/aromatic N) is 2. The van der Waals surface area contributed by atoms with Crippen molar-refractivity contribution >= 4 is 11.6 Å². The molecule has 1 atom stereocenters. The first-order chi connectivity index (χ1) is 13.1. The molecule has 0 radical (unpaired) electrons. The molecule has 1 amide bonds. The first-order valence-electron chi connectivity index (χ1n) is 9.81. The van der Waals surface area contributed by atoms with E-state index in [1.807, 2.05) is 12.1 Å². The number of hydrogen-bond donors (Lipinski definition) is 2. The van der Waals surface area contributed by atoms with Gasteiger partial charge < -0.3 is 15.2 Å². The summed E-state index contributed by atoms with van der Waals surface area (Å²) in [5.74, 6) is 1.39. The maximum Gasteiger partial charge on any atom is 0.263 e. The summed E-state index contributed by atoms with van der Waals surface area (Å²) in [6.07, 6.45) is 6.04. The maximum atomic E-state index is 12.3. The zero-order valence-corrected chi connectivity index (χ0v) is 15.7. The smallest absolute Gasteiger partial charge is 0.263 e. The topological polar surface area (TPSA) is 78.1 Å². The van der Waals surface area contributed by atoms with E-state index in [4.69, 9.17) is 0 Å². The summed E-state index contributed by atoms with van der Waals surface area (Å²) >= 11 is 0. The molecular formula is C21H26N4O2. The van der Waals surface area contributed by atoms with Crippen molar-refractivity contribution in [3.8, 4) is 0 Å². The van der Waals surface area contributed by atoms with Gasteiger partial charge >= 0.3 is 0 Å². The Bertz CT molecular complexity index is 870. The molecule has 1 aromatic heterocycles. The van der Waals surface area contributed by atoms with Crippen molar-refractivity contribution < 1.29 is 4.79 Å². The Kier molecular flexibility index (Phi) is 4.97. The molecule has 0 bridgehead atoms. The van der Waals surface area contributed by atoms with E-state index in [0.29, 0.717) is 18.3 Å². The van der Waals surface area contributed by atoms with Crippen molar-refractivity contribution in [2.24, 2.45) is 5.92 Å². The summed E-state index contributed by atoms with van der Waals surface area (Å²) in [6.45, 7) is 4.89. The van der Waals surface area contributed by atoms with Crippen LogP contribution in [0.25, 0.3) is 0 Å². The molecule has 142 valence electrons. The summed E-state index contributed by atoms with van der Waals surface area (Å²) < 4.78 is 0. The van der Waals surface area contributed by atoms with E-state index in [1.54, 1.807) is 0 Å². The molecule has 1 aliphatic heterocycles. The van der Waals surface area contributed by atoms with Crippen LogP contribution in [-0.4, -0.2) is 29.0 Å². The second-order valence-corrected chi connectivity index (χ2v) is 7.83. The van der Waals surface area contributed by atoms with Gasteiger partial charge in [-0.05, 0) is 49.3 Å². The quantitative estimate of drug-likeness (QED) is 0.853. The third-order valence-electron chi connectivity index (χ3n) is 5.44. The lowest BCUT2D eigenvalue weighted by atomic mass is 9.99. The van der Waals surface area contributed by atoms with Crippen LogP contribution in [0.2, 0.25) is 0 Å². The standard InChI is InChI=1S/C21H26N4O2/c1-14-3-2-10-25(13-14)17-8-4-15(5-9-17)11-23-20(26)18-12-22-19(16-6-7-16)24-21(18)27/h4-5,8-9,12,14,16H,2-3,6-7,10-11,13H2,1H3,(H,23,26)(H,22,24,27). The van der Waals surface area contributed by atoms with Crippen molar-refractivity contribution in [2.45, 2.75) is 45.1 Å². The minimum absolute atomic E-state index is 0.0679. The minimum atomic E-state index is -0.389. The predicted octanol–water partition coefficient (Wildman–Crippen LogP) is 2.81. The van der Waals surface area contributed by atoms with E-state index in [2.05, 4.69) is 39.2 Å². The lowest BCUT2D eigenvalue weighted by Gasteiger charge is -2.32. The van der Waals surface area contributed by atoms with Crippen LogP contribution < -0.4 is 15.8 Å². The minimum Gasteiger partial charge on any atom is -0.371 e. The number of rotatable bonds is 5. The number of aromatic nitrogens is 2. The molecule has 1 aliphatic carbocycles. The van der Waals surface area contributed by atoms with Crippen LogP contribution in [0.1, 0.15) is 60.3 Å². The van der Waals surface area contributed by atoms with Crippen LogP contribution in [-0.2, 0) is 6.54 Å². The second-order valence-electron chi connectivity index (χ2n) is 7.83. The summed E-state index contributed by atoms with van der Waals surface area (Å²) in [7, 11) is 0. The Morgan fingerprint density at radius 2 is 2.04 bits per heavy atom. The number of aromatic amines is 1. The normalized spacial score (nSPS) is 19.7. The van der Waals surface area contributed by atoms with Gasteiger partial charge in [0.05, 0.1) is 0 Å². The highest BCUT2D eigenvalue weighted by atomic mass is 16.2. The second kappa shape index (κ2) is 7.55. The van der Waals surface area contributed by atoms with Crippen LogP contribution in [0.3, 0.4) is 0 Å². The number of carbonyl (C=O) groups is 1. The van der Waals surface area contributed by atoms with Crippen LogP contribution >= 0.6 is 0 Å². The van der Waals surface area contributed by atoms with Gasteiger partial charge in [0.2, 0.25) is 0 Å². The summed E-state index contributed by atoms with van der Waals surface area (Å²) in [4.78, 5) is 33.8. The van der Waals surface area contributed by atoms with E-state index in [-0.39, 0.29) is 17.0 Å². The molecule has 2 N–H and O–H groups in total. The summed E-state index contributed by atoms with van der Waals surface area (Å²) in [5, 5.41) is 2.81. The van der Waals surface area contributed by atoms with Gasteiger partial charge in [0.25, 0.3) is 11.5 Å². The van der Waals surface area contributed by atoms with Gasteiger partial charge in [-0.15, -0.1) is 0 Å². The fraction of sp³-hybridized carbons (Fsp3) is 0.476. The number of nitrogens with one attached hydrogen (secondary N) is 2. The highest BCUT2D eigenvalue weighted by Crippen LogP contribution is 2.37. The molecule has 1 saturated carbocycles. The van der Waals surface area contributed by atoms with Gasteiger partial charge in [0, 0.05) is 37.4 Å². The number of amides is 1. The fourth-order valence-corrected chi connectivity index (χ4v) is 3.66. The average Bonchev–Trinajstić information content (AvgIpc) is 3.52. The molecule has 2 aliphatic rings. The van der Waals surface area contributed by atoms with Crippen molar-refractivity contribution in [3.05, 3.63) is 57.8 Å². The van der Waals surface area contributed by atoms with E-state index in [1.165, 1.54) is 24.7 Å². The van der Waals surface area contributed by atoms with Crippen molar-refractivity contribution in [2.75, 3.05) is 18.0 Å². The first kappa shape index (κ1) is 17.8. The largest absolute Gasteiger partial charge is 0.371 e. The Hall–Kier alpha value is -2.63. The molecule has 2 heterocycles. The van der Waals surface area contributed by atoms with Gasteiger partial charge in [0.1, 0.15) is 11.4 Å². The SMILES string of the molecule is CC1CCCN(c2ccc(CNC(=O)c3cnc(C4CC4)[nH]c3=O)cc2)C1. The Labute approximate surface area is 159 Å². The van der Waals surface area contributed by atoms with Crippen LogP contribution in [0.4, 0.5) is 5.69 Å². The third kappa shape index (κ3) is 4.21. The number of carbonyl (C=O) groups excluding carboxylic acids is 1. The third-order valence-corrected chi connectivity index (χ3v) is 5.44. The van der Waals surface area contributed by atoms with E-state index < -0.39 is 0 Å². The van der Waals surface area contributed by atoms with Crippen LogP contribution in [0.5, 0.6) is 0 Å². The monoisotopic (exact) mass is 366 g/mol. The highest BCUT2D eigenvalue weighted by molar-refractivity contribution is 5.93.